The number of halogens is 1. The van der Waals surface area contributed by atoms with Crippen LogP contribution in [0.4, 0.5) is 10.3 Å². The molecule has 1 heterocycles. The van der Waals surface area contributed by atoms with Crippen molar-refractivity contribution in [3.63, 3.8) is 0 Å². The van der Waals surface area contributed by atoms with Crippen molar-refractivity contribution in [1.29, 1.82) is 0 Å². The fraction of sp³-hybridized carbons (Fsp3) is 0.286. The molecular weight excluding hydrogens is 229 g/mol. The largest absolute Gasteiger partial charge is 0.368 e. The fourth-order valence-corrected chi connectivity index (χ4v) is 1.66. The summed E-state index contributed by atoms with van der Waals surface area (Å²) in [5, 5.41) is 0. The predicted molar refractivity (Wildman–Crippen MR) is 70.5 cm³/mol. The first-order valence-electron chi connectivity index (χ1n) is 5.78. The minimum atomic E-state index is -0.310. The highest BCUT2D eigenvalue weighted by Crippen LogP contribution is 2.27. The Hall–Kier alpha value is -1.97. The van der Waals surface area contributed by atoms with Crippen molar-refractivity contribution in [3.8, 4) is 11.3 Å². The van der Waals surface area contributed by atoms with Crippen LogP contribution in [-0.4, -0.2) is 9.97 Å². The maximum absolute atomic E-state index is 13.7. The SMILES string of the molecule is CC(C)(C)c1cc(-c2ccccc2F)nc(N)n1. The van der Waals surface area contributed by atoms with Crippen LogP contribution < -0.4 is 5.73 Å². The van der Waals surface area contributed by atoms with Crippen molar-refractivity contribution in [2.45, 2.75) is 26.2 Å². The van der Waals surface area contributed by atoms with Crippen LogP contribution in [0.25, 0.3) is 11.3 Å². The first-order valence-corrected chi connectivity index (χ1v) is 5.78. The van der Waals surface area contributed by atoms with E-state index in [4.69, 9.17) is 5.73 Å². The van der Waals surface area contributed by atoms with Crippen LogP contribution in [0.5, 0.6) is 0 Å². The molecule has 0 saturated heterocycles. The Morgan fingerprint density at radius 1 is 1.11 bits per heavy atom. The van der Waals surface area contributed by atoms with Gasteiger partial charge in [0.2, 0.25) is 5.95 Å². The number of anilines is 1. The van der Waals surface area contributed by atoms with Crippen molar-refractivity contribution in [1.82, 2.24) is 9.97 Å². The third kappa shape index (κ3) is 2.47. The summed E-state index contributed by atoms with van der Waals surface area (Å²) >= 11 is 0. The zero-order valence-corrected chi connectivity index (χ0v) is 10.7. The molecule has 4 heteroatoms. The summed E-state index contributed by atoms with van der Waals surface area (Å²) in [6.45, 7) is 6.08. The van der Waals surface area contributed by atoms with E-state index in [0.717, 1.165) is 5.69 Å². The van der Waals surface area contributed by atoms with Crippen LogP contribution in [0.3, 0.4) is 0 Å². The molecule has 1 aromatic heterocycles. The van der Waals surface area contributed by atoms with Crippen molar-refractivity contribution < 1.29 is 4.39 Å². The first kappa shape index (κ1) is 12.5. The van der Waals surface area contributed by atoms with Gasteiger partial charge in [-0.2, -0.15) is 0 Å². The number of hydrogen-bond donors (Lipinski definition) is 1. The second-order valence-electron chi connectivity index (χ2n) is 5.23. The molecule has 0 amide bonds. The monoisotopic (exact) mass is 245 g/mol. The summed E-state index contributed by atoms with van der Waals surface area (Å²) in [5.74, 6) is -0.142. The van der Waals surface area contributed by atoms with Gasteiger partial charge in [0.15, 0.2) is 0 Å². The molecule has 0 spiro atoms. The molecule has 0 fully saturated rings. The van der Waals surface area contributed by atoms with Gasteiger partial charge < -0.3 is 5.73 Å². The number of nitrogens with zero attached hydrogens (tertiary/aromatic N) is 2. The number of aromatic nitrogens is 2. The van der Waals surface area contributed by atoms with E-state index in [1.165, 1.54) is 6.07 Å². The van der Waals surface area contributed by atoms with Crippen molar-refractivity contribution in [2.24, 2.45) is 0 Å². The number of hydrogen-bond acceptors (Lipinski definition) is 3. The van der Waals surface area contributed by atoms with Crippen LogP contribution in [0, 0.1) is 5.82 Å². The summed E-state index contributed by atoms with van der Waals surface area (Å²) in [6.07, 6.45) is 0. The Bertz CT molecular complexity index is 573. The van der Waals surface area contributed by atoms with Gasteiger partial charge in [-0.1, -0.05) is 32.9 Å². The van der Waals surface area contributed by atoms with Gasteiger partial charge in [-0.25, -0.2) is 14.4 Å². The lowest BCUT2D eigenvalue weighted by Gasteiger charge is -2.18. The molecule has 0 aliphatic rings. The van der Waals surface area contributed by atoms with Crippen molar-refractivity contribution in [2.75, 3.05) is 5.73 Å². The van der Waals surface area contributed by atoms with Gasteiger partial charge in [-0.3, -0.25) is 0 Å². The van der Waals surface area contributed by atoms with E-state index >= 15 is 0 Å². The van der Waals surface area contributed by atoms with E-state index in [9.17, 15) is 4.39 Å². The molecule has 0 bridgehead atoms. The number of nitrogen functional groups attached to an aromatic ring is 1. The van der Waals surface area contributed by atoms with Gasteiger partial charge in [0, 0.05) is 11.0 Å². The lowest BCUT2D eigenvalue weighted by Crippen LogP contribution is -2.15. The Morgan fingerprint density at radius 3 is 2.39 bits per heavy atom. The number of rotatable bonds is 1. The molecule has 0 radical (unpaired) electrons. The van der Waals surface area contributed by atoms with Gasteiger partial charge in [-0.15, -0.1) is 0 Å². The standard InChI is InChI=1S/C14H16FN3/c1-14(2,3)12-8-11(17-13(16)18-12)9-6-4-5-7-10(9)15/h4-8H,1-3H3,(H2,16,17,18). The van der Waals surface area contributed by atoms with Gasteiger partial charge in [0.25, 0.3) is 0 Å². The van der Waals surface area contributed by atoms with E-state index in [1.54, 1.807) is 24.3 Å². The Kier molecular flexibility index (Phi) is 3.03. The average Bonchev–Trinajstić information content (AvgIpc) is 2.27. The summed E-state index contributed by atoms with van der Waals surface area (Å²) in [4.78, 5) is 8.31. The molecule has 0 atom stereocenters. The molecule has 0 unspecified atom stereocenters. The van der Waals surface area contributed by atoms with E-state index in [1.807, 2.05) is 20.8 Å². The second-order valence-corrected chi connectivity index (χ2v) is 5.23. The molecule has 0 saturated carbocycles. The number of benzene rings is 1. The van der Waals surface area contributed by atoms with Crippen LogP contribution in [0.15, 0.2) is 30.3 Å². The highest BCUT2D eigenvalue weighted by Gasteiger charge is 2.18. The van der Waals surface area contributed by atoms with Crippen LogP contribution in [0.2, 0.25) is 0 Å². The summed E-state index contributed by atoms with van der Waals surface area (Å²) in [7, 11) is 0. The predicted octanol–water partition coefficient (Wildman–Crippen LogP) is 3.16. The van der Waals surface area contributed by atoms with Crippen molar-refractivity contribution in [3.05, 3.63) is 41.8 Å². The molecule has 18 heavy (non-hydrogen) atoms. The Balaban J connectivity index is 2.60. The van der Waals surface area contributed by atoms with Crippen LogP contribution >= 0.6 is 0 Å². The second kappa shape index (κ2) is 4.37. The fourth-order valence-electron chi connectivity index (χ4n) is 1.66. The van der Waals surface area contributed by atoms with E-state index < -0.39 is 0 Å². The number of nitrogens with two attached hydrogens (primary N) is 1. The van der Waals surface area contributed by atoms with Gasteiger partial charge >= 0.3 is 0 Å². The molecular formula is C14H16FN3. The topological polar surface area (TPSA) is 51.8 Å². The molecule has 1 aromatic carbocycles. The molecule has 2 N–H and O–H groups in total. The minimum absolute atomic E-state index is 0.156. The van der Waals surface area contributed by atoms with E-state index in [0.29, 0.717) is 11.3 Å². The highest BCUT2D eigenvalue weighted by molar-refractivity contribution is 5.61. The maximum atomic E-state index is 13.7. The van der Waals surface area contributed by atoms with Gasteiger partial charge in [0.1, 0.15) is 5.82 Å². The molecule has 0 aliphatic heterocycles. The summed E-state index contributed by atoms with van der Waals surface area (Å²) in [5.41, 5.74) is 7.30. The minimum Gasteiger partial charge on any atom is -0.368 e. The van der Waals surface area contributed by atoms with Crippen molar-refractivity contribution >= 4 is 5.95 Å². The zero-order chi connectivity index (χ0) is 13.3. The summed E-state index contributed by atoms with van der Waals surface area (Å²) < 4.78 is 13.7. The first-order chi connectivity index (χ1) is 8.38. The van der Waals surface area contributed by atoms with E-state index in [-0.39, 0.29) is 17.2 Å². The average molecular weight is 245 g/mol. The maximum Gasteiger partial charge on any atom is 0.220 e. The Labute approximate surface area is 106 Å². The highest BCUT2D eigenvalue weighted by atomic mass is 19.1. The normalized spacial score (nSPS) is 11.6. The molecule has 0 aliphatic carbocycles. The smallest absolute Gasteiger partial charge is 0.220 e. The lowest BCUT2D eigenvalue weighted by molar-refractivity contribution is 0.568. The molecule has 3 nitrogen and oxygen atoms in total. The van der Waals surface area contributed by atoms with Gasteiger partial charge in [0.05, 0.1) is 11.4 Å². The third-order valence-electron chi connectivity index (χ3n) is 2.66. The quantitative estimate of drug-likeness (QED) is 0.839. The van der Waals surface area contributed by atoms with Gasteiger partial charge in [-0.05, 0) is 18.2 Å². The zero-order valence-electron chi connectivity index (χ0n) is 10.7. The van der Waals surface area contributed by atoms with Crippen LogP contribution in [0.1, 0.15) is 26.5 Å². The molecule has 94 valence electrons. The molecule has 2 aromatic rings. The van der Waals surface area contributed by atoms with E-state index in [2.05, 4.69) is 9.97 Å². The summed E-state index contributed by atoms with van der Waals surface area (Å²) in [6, 6.07) is 8.30. The van der Waals surface area contributed by atoms with Crippen LogP contribution in [-0.2, 0) is 5.41 Å². The molecule has 2 rings (SSSR count). The third-order valence-corrected chi connectivity index (χ3v) is 2.66. The lowest BCUT2D eigenvalue weighted by atomic mass is 9.91. The Morgan fingerprint density at radius 2 is 1.78 bits per heavy atom.